The molecule has 2 N–H and O–H groups in total. The van der Waals surface area contributed by atoms with E-state index in [2.05, 4.69) is 15.3 Å². The first-order chi connectivity index (χ1) is 8.84. The maximum atomic E-state index is 11.5. The summed E-state index contributed by atoms with van der Waals surface area (Å²) >= 11 is 0. The predicted molar refractivity (Wildman–Crippen MR) is 71.9 cm³/mol. The molecular weight excluding hydrogens is 246 g/mol. The van der Waals surface area contributed by atoms with Crippen molar-refractivity contribution < 1.29 is 14.6 Å². The molecular formula is C13H21N3O3. The number of carbonyl (C=O) groups excluding carboxylic acids is 1. The second-order valence-electron chi connectivity index (χ2n) is 5.48. The van der Waals surface area contributed by atoms with E-state index in [1.165, 1.54) is 6.20 Å². The summed E-state index contributed by atoms with van der Waals surface area (Å²) in [6, 6.07) is 1.78. The molecule has 1 amide bonds. The monoisotopic (exact) mass is 267 g/mol. The molecule has 0 saturated carbocycles. The summed E-state index contributed by atoms with van der Waals surface area (Å²) in [5.41, 5.74) is -0.361. The lowest BCUT2D eigenvalue weighted by Gasteiger charge is -2.20. The van der Waals surface area contributed by atoms with E-state index >= 15 is 0 Å². The number of anilines is 1. The second kappa shape index (κ2) is 6.47. The van der Waals surface area contributed by atoms with Gasteiger partial charge in [0, 0.05) is 17.5 Å². The fraction of sp³-hybridized carbons (Fsp3) is 0.615. The van der Waals surface area contributed by atoms with E-state index in [9.17, 15) is 4.79 Å². The number of aliphatic hydroxyl groups excluding tert-OH is 1. The summed E-state index contributed by atoms with van der Waals surface area (Å²) in [6.07, 6.45) is 1.52. The lowest BCUT2D eigenvalue weighted by atomic mass is 9.97. The van der Waals surface area contributed by atoms with Gasteiger partial charge in [0.15, 0.2) is 0 Å². The maximum Gasteiger partial charge on any atom is 0.318 e. The van der Waals surface area contributed by atoms with E-state index in [-0.39, 0.29) is 29.9 Å². The number of aromatic nitrogens is 2. The van der Waals surface area contributed by atoms with Crippen molar-refractivity contribution in [2.75, 3.05) is 18.5 Å². The minimum Gasteiger partial charge on any atom is -0.463 e. The Morgan fingerprint density at radius 1 is 1.53 bits per heavy atom. The molecule has 0 saturated heterocycles. The fourth-order valence-electron chi connectivity index (χ4n) is 1.06. The van der Waals surface area contributed by atoms with Gasteiger partial charge >= 0.3 is 6.01 Å². The Balaban J connectivity index is 2.65. The lowest BCUT2D eigenvalue weighted by molar-refractivity contribution is -0.118. The number of nitrogens with zero attached hydrogens (tertiary/aromatic N) is 2. The van der Waals surface area contributed by atoms with Crippen LogP contribution in [0.1, 0.15) is 27.7 Å². The van der Waals surface area contributed by atoms with E-state index in [1.807, 2.05) is 13.8 Å². The fourth-order valence-corrected chi connectivity index (χ4v) is 1.06. The predicted octanol–water partition coefficient (Wildman–Crippen LogP) is 1.47. The molecule has 0 aliphatic carbocycles. The van der Waals surface area contributed by atoms with Gasteiger partial charge in [-0.15, -0.1) is 0 Å². The van der Waals surface area contributed by atoms with Crippen LogP contribution in [-0.4, -0.2) is 34.2 Å². The minimum absolute atomic E-state index is 0.0107. The molecule has 0 unspecified atom stereocenters. The molecule has 1 aromatic rings. The lowest BCUT2D eigenvalue weighted by Crippen LogP contribution is -2.26. The molecule has 0 aliphatic rings. The van der Waals surface area contributed by atoms with Gasteiger partial charge in [0.25, 0.3) is 0 Å². The highest BCUT2D eigenvalue weighted by Gasteiger charge is 2.18. The van der Waals surface area contributed by atoms with Crippen LogP contribution in [0.15, 0.2) is 12.3 Å². The molecule has 1 aromatic heterocycles. The molecule has 0 bridgehead atoms. The quantitative estimate of drug-likeness (QED) is 0.815. The van der Waals surface area contributed by atoms with E-state index < -0.39 is 0 Å². The van der Waals surface area contributed by atoms with Gasteiger partial charge in [-0.2, -0.15) is 4.98 Å². The number of carbonyl (C=O) groups is 1. The number of rotatable bonds is 6. The summed E-state index contributed by atoms with van der Waals surface area (Å²) in [6.45, 7) is 7.66. The van der Waals surface area contributed by atoms with Gasteiger partial charge in [-0.1, -0.05) is 27.7 Å². The molecule has 6 nitrogen and oxygen atoms in total. The Morgan fingerprint density at radius 2 is 2.21 bits per heavy atom. The second-order valence-corrected chi connectivity index (χ2v) is 5.48. The number of aliphatic hydroxyl groups is 1. The van der Waals surface area contributed by atoms with Crippen LogP contribution in [0.3, 0.4) is 0 Å². The Labute approximate surface area is 113 Å². The van der Waals surface area contributed by atoms with Gasteiger partial charge in [-0.3, -0.25) is 4.79 Å². The molecule has 6 heteroatoms. The number of nitrogens with one attached hydrogen (secondary N) is 1. The standard InChI is InChI=1S/C13H21N3O3/c1-9(2)11(18)15-10-5-6-14-12(16-10)19-8-13(3,4)7-17/h5-6,9,17H,7-8H2,1-4H3,(H,14,15,16,18). The third kappa shape index (κ3) is 5.21. The zero-order valence-corrected chi connectivity index (χ0v) is 11.8. The van der Waals surface area contributed by atoms with Crippen molar-refractivity contribution >= 4 is 11.7 Å². The van der Waals surface area contributed by atoms with Crippen molar-refractivity contribution in [2.45, 2.75) is 27.7 Å². The van der Waals surface area contributed by atoms with Crippen molar-refractivity contribution in [3.63, 3.8) is 0 Å². The first kappa shape index (κ1) is 15.4. The molecule has 106 valence electrons. The zero-order chi connectivity index (χ0) is 14.5. The van der Waals surface area contributed by atoms with Gasteiger partial charge < -0.3 is 15.2 Å². The molecule has 0 atom stereocenters. The summed E-state index contributed by atoms with van der Waals surface area (Å²) in [5.74, 6) is 0.179. The summed E-state index contributed by atoms with van der Waals surface area (Å²) in [5, 5.41) is 11.8. The van der Waals surface area contributed by atoms with Crippen molar-refractivity contribution in [3.05, 3.63) is 12.3 Å². The molecule has 1 rings (SSSR count). The normalized spacial score (nSPS) is 11.5. The van der Waals surface area contributed by atoms with Crippen LogP contribution in [0.5, 0.6) is 6.01 Å². The molecule has 19 heavy (non-hydrogen) atoms. The van der Waals surface area contributed by atoms with Gasteiger partial charge in [-0.25, -0.2) is 4.98 Å². The first-order valence-electron chi connectivity index (χ1n) is 6.21. The van der Waals surface area contributed by atoms with Gasteiger partial charge in [0.2, 0.25) is 5.91 Å². The van der Waals surface area contributed by atoms with Crippen LogP contribution < -0.4 is 10.1 Å². The Morgan fingerprint density at radius 3 is 2.79 bits per heavy atom. The molecule has 1 heterocycles. The number of hydrogen-bond donors (Lipinski definition) is 2. The van der Waals surface area contributed by atoms with Crippen LogP contribution in [0, 0.1) is 11.3 Å². The summed E-state index contributed by atoms with van der Waals surface area (Å²) in [7, 11) is 0. The van der Waals surface area contributed by atoms with E-state index in [1.54, 1.807) is 19.9 Å². The zero-order valence-electron chi connectivity index (χ0n) is 11.8. The molecule has 0 aliphatic heterocycles. The average Bonchev–Trinajstić information content (AvgIpc) is 2.37. The van der Waals surface area contributed by atoms with Crippen LogP contribution in [0.25, 0.3) is 0 Å². The van der Waals surface area contributed by atoms with E-state index in [0.29, 0.717) is 12.4 Å². The minimum atomic E-state index is -0.361. The van der Waals surface area contributed by atoms with Crippen LogP contribution in [0.2, 0.25) is 0 Å². The van der Waals surface area contributed by atoms with Crippen LogP contribution in [-0.2, 0) is 4.79 Å². The van der Waals surface area contributed by atoms with Crippen LogP contribution in [0.4, 0.5) is 5.82 Å². The van der Waals surface area contributed by atoms with Crippen molar-refractivity contribution in [2.24, 2.45) is 11.3 Å². The molecule has 0 radical (unpaired) electrons. The van der Waals surface area contributed by atoms with Crippen molar-refractivity contribution in [1.29, 1.82) is 0 Å². The Bertz CT molecular complexity index is 433. The molecule has 0 fully saturated rings. The largest absolute Gasteiger partial charge is 0.463 e. The van der Waals surface area contributed by atoms with Gasteiger partial charge in [0.05, 0.1) is 13.2 Å². The van der Waals surface area contributed by atoms with Crippen molar-refractivity contribution in [1.82, 2.24) is 9.97 Å². The van der Waals surface area contributed by atoms with E-state index in [0.717, 1.165) is 0 Å². The average molecular weight is 267 g/mol. The summed E-state index contributed by atoms with van der Waals surface area (Å²) in [4.78, 5) is 19.6. The number of amides is 1. The number of ether oxygens (including phenoxy) is 1. The SMILES string of the molecule is CC(C)C(=O)Nc1ccnc(OCC(C)(C)CO)n1. The highest BCUT2D eigenvalue weighted by molar-refractivity contribution is 5.91. The van der Waals surface area contributed by atoms with Gasteiger partial charge in [0.1, 0.15) is 5.82 Å². The summed E-state index contributed by atoms with van der Waals surface area (Å²) < 4.78 is 5.41. The van der Waals surface area contributed by atoms with Gasteiger partial charge in [-0.05, 0) is 6.07 Å². The molecule has 0 spiro atoms. The third-order valence-corrected chi connectivity index (χ3v) is 2.43. The van der Waals surface area contributed by atoms with Crippen LogP contribution >= 0.6 is 0 Å². The van der Waals surface area contributed by atoms with Crippen molar-refractivity contribution in [3.8, 4) is 6.01 Å². The molecule has 0 aromatic carbocycles. The highest BCUT2D eigenvalue weighted by Crippen LogP contribution is 2.16. The maximum absolute atomic E-state index is 11.5. The smallest absolute Gasteiger partial charge is 0.318 e. The topological polar surface area (TPSA) is 84.3 Å². The van der Waals surface area contributed by atoms with E-state index in [4.69, 9.17) is 9.84 Å². The Kier molecular flexibility index (Phi) is 5.23. The highest BCUT2D eigenvalue weighted by atomic mass is 16.5. The number of hydrogen-bond acceptors (Lipinski definition) is 5. The third-order valence-electron chi connectivity index (χ3n) is 2.43. The first-order valence-corrected chi connectivity index (χ1v) is 6.21. The Hall–Kier alpha value is -1.69.